The minimum Gasteiger partial charge on any atom is -0.481 e. The molecular weight excluding hydrogens is 374 g/mol. The second-order valence-electron chi connectivity index (χ2n) is 5.98. The van der Waals surface area contributed by atoms with Crippen LogP contribution in [0.25, 0.3) is 0 Å². The molecule has 3 rings (SSSR count). The van der Waals surface area contributed by atoms with Crippen LogP contribution in [0.2, 0.25) is 0 Å². The van der Waals surface area contributed by atoms with Crippen molar-refractivity contribution >= 4 is 15.8 Å². The number of pyridine rings is 1. The normalized spacial score (nSPS) is 15.4. The molecule has 0 radical (unpaired) electrons. The van der Waals surface area contributed by atoms with Crippen molar-refractivity contribution in [1.29, 1.82) is 0 Å². The van der Waals surface area contributed by atoms with E-state index < -0.39 is 14.9 Å². The van der Waals surface area contributed by atoms with Gasteiger partial charge in [-0.3, -0.25) is 0 Å². The lowest BCUT2D eigenvalue weighted by atomic mass is 10.2. The van der Waals surface area contributed by atoms with Gasteiger partial charge in [0, 0.05) is 20.0 Å². The molecule has 0 amide bonds. The molecule has 0 aliphatic carbocycles. The molecule has 1 aliphatic rings. The molecule has 1 aliphatic heterocycles. The molecule has 0 spiro atoms. The van der Waals surface area contributed by atoms with E-state index in [9.17, 15) is 18.5 Å². The molecule has 9 nitrogen and oxygen atoms in total. The first-order chi connectivity index (χ1) is 12.9. The third-order valence-electron chi connectivity index (χ3n) is 4.05. The Labute approximate surface area is 156 Å². The highest BCUT2D eigenvalue weighted by atomic mass is 32.2. The lowest BCUT2D eigenvalue weighted by Crippen LogP contribution is -2.40. The van der Waals surface area contributed by atoms with Gasteiger partial charge in [0.25, 0.3) is 0 Å². The molecule has 27 heavy (non-hydrogen) atoms. The minimum atomic E-state index is -3.62. The van der Waals surface area contributed by atoms with Crippen molar-refractivity contribution in [1.82, 2.24) is 9.29 Å². The fourth-order valence-electron chi connectivity index (χ4n) is 2.67. The number of ether oxygens (including phenoxy) is 2. The Balaban J connectivity index is 1.78. The van der Waals surface area contributed by atoms with Crippen LogP contribution in [0.5, 0.6) is 5.75 Å². The molecule has 1 aromatic heterocycles. The highest BCUT2D eigenvalue weighted by Gasteiger charge is 2.26. The molecule has 0 saturated carbocycles. The Bertz CT molecular complexity index is 941. The van der Waals surface area contributed by atoms with Crippen LogP contribution in [0.3, 0.4) is 0 Å². The number of aryl methyl sites for hydroxylation is 1. The van der Waals surface area contributed by atoms with E-state index in [2.05, 4.69) is 4.98 Å². The second-order valence-corrected chi connectivity index (χ2v) is 7.92. The molecule has 1 fully saturated rings. The summed E-state index contributed by atoms with van der Waals surface area (Å²) in [6.45, 7) is 2.99. The Hall–Kier alpha value is -2.56. The molecule has 144 valence electrons. The van der Waals surface area contributed by atoms with Gasteiger partial charge in [0.2, 0.25) is 15.8 Å². The van der Waals surface area contributed by atoms with Crippen molar-refractivity contribution in [3.05, 3.63) is 57.8 Å². The van der Waals surface area contributed by atoms with Crippen LogP contribution < -0.4 is 4.74 Å². The maximum Gasteiger partial charge on any atom is 0.406 e. The van der Waals surface area contributed by atoms with Crippen LogP contribution >= 0.6 is 0 Å². The average molecular weight is 393 g/mol. The summed E-state index contributed by atoms with van der Waals surface area (Å²) in [5, 5.41) is 11.1. The van der Waals surface area contributed by atoms with Gasteiger partial charge in [0.1, 0.15) is 12.3 Å². The molecule has 2 heterocycles. The van der Waals surface area contributed by atoms with Gasteiger partial charge < -0.3 is 19.6 Å². The lowest BCUT2D eigenvalue weighted by molar-refractivity contribution is -0.390. The number of nitrogens with zero attached hydrogens (tertiary/aromatic N) is 3. The summed E-state index contributed by atoms with van der Waals surface area (Å²) in [5.41, 5.74) is 1.09. The van der Waals surface area contributed by atoms with Gasteiger partial charge in [0.15, 0.2) is 0 Å². The van der Waals surface area contributed by atoms with Gasteiger partial charge in [0.05, 0.1) is 18.1 Å². The predicted molar refractivity (Wildman–Crippen MR) is 96.0 cm³/mol. The van der Waals surface area contributed by atoms with Gasteiger partial charge >= 0.3 is 5.82 Å². The van der Waals surface area contributed by atoms with Gasteiger partial charge in [-0.05, 0) is 39.7 Å². The zero-order chi connectivity index (χ0) is 19.4. The Morgan fingerprint density at radius 2 is 2.00 bits per heavy atom. The summed E-state index contributed by atoms with van der Waals surface area (Å²) in [5.74, 6) is -0.334. The second kappa shape index (κ2) is 7.99. The number of morpholine rings is 1. The monoisotopic (exact) mass is 393 g/mol. The van der Waals surface area contributed by atoms with Crippen LogP contribution in [0, 0.1) is 17.0 Å². The van der Waals surface area contributed by atoms with Crippen molar-refractivity contribution in [3.8, 4) is 5.75 Å². The van der Waals surface area contributed by atoms with Crippen LogP contribution in [0.4, 0.5) is 5.82 Å². The first-order valence-corrected chi connectivity index (χ1v) is 9.73. The van der Waals surface area contributed by atoms with Crippen LogP contribution in [0.1, 0.15) is 11.3 Å². The van der Waals surface area contributed by atoms with E-state index in [1.165, 1.54) is 22.5 Å². The van der Waals surface area contributed by atoms with Crippen molar-refractivity contribution in [2.24, 2.45) is 0 Å². The zero-order valence-corrected chi connectivity index (χ0v) is 15.5. The molecule has 2 aromatic rings. The Morgan fingerprint density at radius 3 is 2.70 bits per heavy atom. The molecule has 0 atom stereocenters. The number of nitro groups is 1. The molecule has 0 bridgehead atoms. The smallest absolute Gasteiger partial charge is 0.406 e. The maximum atomic E-state index is 12.7. The fraction of sp³-hybridized carbons (Fsp3) is 0.353. The summed E-state index contributed by atoms with van der Waals surface area (Å²) in [4.78, 5) is 14.5. The standard InChI is InChI=1S/C17H19N3O6S/c1-13-5-6-16(17(18-13)20(21)22)26-12-14-3-2-4-15(11-14)27(23,24)19-7-9-25-10-8-19/h2-6,11H,7-10,12H2,1H3. The van der Waals surface area contributed by atoms with Crippen molar-refractivity contribution < 1.29 is 22.8 Å². The summed E-state index contributed by atoms with van der Waals surface area (Å²) in [7, 11) is -3.62. The molecular formula is C17H19N3O6S. The minimum absolute atomic E-state index is 0.0158. The van der Waals surface area contributed by atoms with Gasteiger partial charge in [-0.1, -0.05) is 12.1 Å². The first-order valence-electron chi connectivity index (χ1n) is 8.29. The SMILES string of the molecule is Cc1ccc(OCc2cccc(S(=O)(=O)N3CCOCC3)c2)c([N+](=O)[O-])n1. The quantitative estimate of drug-likeness (QED) is 0.544. The van der Waals surface area contributed by atoms with E-state index in [1.807, 2.05) is 0 Å². The lowest BCUT2D eigenvalue weighted by Gasteiger charge is -2.26. The summed E-state index contributed by atoms with van der Waals surface area (Å²) in [6.07, 6.45) is 0. The zero-order valence-electron chi connectivity index (χ0n) is 14.7. The summed E-state index contributed by atoms with van der Waals surface area (Å²) < 4.78 is 37.5. The van der Waals surface area contributed by atoms with Crippen LogP contribution in [-0.4, -0.2) is 48.9 Å². The van der Waals surface area contributed by atoms with Gasteiger partial charge in [-0.15, -0.1) is 0 Å². The molecule has 1 aromatic carbocycles. The van der Waals surface area contributed by atoms with Crippen molar-refractivity contribution in [3.63, 3.8) is 0 Å². The van der Waals surface area contributed by atoms with E-state index in [0.717, 1.165) is 0 Å². The Morgan fingerprint density at radius 1 is 1.26 bits per heavy atom. The van der Waals surface area contributed by atoms with E-state index in [-0.39, 0.29) is 23.1 Å². The molecule has 0 N–H and O–H groups in total. The van der Waals surface area contributed by atoms with E-state index >= 15 is 0 Å². The predicted octanol–water partition coefficient (Wildman–Crippen LogP) is 1.90. The van der Waals surface area contributed by atoms with Gasteiger partial charge in [-0.2, -0.15) is 4.31 Å². The topological polar surface area (TPSA) is 112 Å². The number of benzene rings is 1. The Kier molecular flexibility index (Phi) is 5.68. The first kappa shape index (κ1) is 19.2. The summed E-state index contributed by atoms with van der Waals surface area (Å²) in [6, 6.07) is 9.44. The van der Waals surface area contributed by atoms with Crippen molar-refractivity contribution in [2.75, 3.05) is 26.3 Å². The van der Waals surface area contributed by atoms with E-state index in [0.29, 0.717) is 37.6 Å². The number of hydrogen-bond acceptors (Lipinski definition) is 7. The number of rotatable bonds is 6. The van der Waals surface area contributed by atoms with E-state index in [4.69, 9.17) is 9.47 Å². The molecule has 1 saturated heterocycles. The van der Waals surface area contributed by atoms with E-state index in [1.54, 1.807) is 25.1 Å². The molecule has 10 heteroatoms. The summed E-state index contributed by atoms with van der Waals surface area (Å²) >= 11 is 0. The largest absolute Gasteiger partial charge is 0.481 e. The third kappa shape index (κ3) is 4.41. The fourth-order valence-corrected chi connectivity index (χ4v) is 4.15. The molecule has 0 unspecified atom stereocenters. The number of hydrogen-bond donors (Lipinski definition) is 0. The van der Waals surface area contributed by atoms with Crippen LogP contribution in [0.15, 0.2) is 41.3 Å². The highest BCUT2D eigenvalue weighted by Crippen LogP contribution is 2.26. The van der Waals surface area contributed by atoms with Crippen LogP contribution in [-0.2, 0) is 21.4 Å². The highest BCUT2D eigenvalue weighted by molar-refractivity contribution is 7.89. The van der Waals surface area contributed by atoms with Gasteiger partial charge in [-0.25, -0.2) is 8.42 Å². The average Bonchev–Trinajstić information content (AvgIpc) is 2.68. The number of sulfonamides is 1. The van der Waals surface area contributed by atoms with Crippen molar-refractivity contribution in [2.45, 2.75) is 18.4 Å². The number of aromatic nitrogens is 1. The third-order valence-corrected chi connectivity index (χ3v) is 5.95. The maximum absolute atomic E-state index is 12.7.